The van der Waals surface area contributed by atoms with Crippen LogP contribution in [0.4, 0.5) is 10.2 Å². The molecule has 3 fully saturated rings. The summed E-state index contributed by atoms with van der Waals surface area (Å²) in [7, 11) is 0. The highest BCUT2D eigenvalue weighted by atomic mass is 19.1. The summed E-state index contributed by atoms with van der Waals surface area (Å²) in [5, 5.41) is 22.5. The molecule has 3 aliphatic rings. The molecule has 0 aliphatic carbocycles. The molecule has 0 radical (unpaired) electrons. The van der Waals surface area contributed by atoms with Crippen molar-refractivity contribution in [1.29, 1.82) is 0 Å². The number of aromatic nitrogens is 3. The number of aromatic hydroxyl groups is 1. The third kappa shape index (κ3) is 4.24. The Morgan fingerprint density at radius 1 is 1.00 bits per heavy atom. The second-order valence-electron chi connectivity index (χ2n) is 11.2. The van der Waals surface area contributed by atoms with Crippen LogP contribution >= 0.6 is 0 Å². The van der Waals surface area contributed by atoms with E-state index in [1.807, 2.05) is 24.3 Å². The first-order valence-corrected chi connectivity index (χ1v) is 13.9. The highest BCUT2D eigenvalue weighted by molar-refractivity contribution is 5.99. The summed E-state index contributed by atoms with van der Waals surface area (Å²) in [5.74, 6) is 0.0457. The van der Waals surface area contributed by atoms with Crippen LogP contribution in [-0.4, -0.2) is 74.5 Å². The maximum Gasteiger partial charge on any atom is 0.319 e. The first-order chi connectivity index (χ1) is 19.0. The minimum absolute atomic E-state index is 0.0101. The number of ether oxygens (including phenoxy) is 1. The number of piperidine rings is 1. The number of fused-ring (bicyclic) bond motifs is 3. The molecule has 8 nitrogen and oxygen atoms in total. The Balaban J connectivity index is 1.34. The van der Waals surface area contributed by atoms with Crippen molar-refractivity contribution in [2.75, 3.05) is 37.7 Å². The SMILES string of the molecule is Oc1cc(-c2ncc3c(N4CCC(O)CC4)nc(OCC45CCCN4CCC5)nc3c2F)c2ccccc2c1. The molecular weight excluding hydrogens is 497 g/mol. The van der Waals surface area contributed by atoms with Crippen molar-refractivity contribution < 1.29 is 19.3 Å². The van der Waals surface area contributed by atoms with E-state index in [4.69, 9.17) is 9.72 Å². The zero-order chi connectivity index (χ0) is 26.6. The zero-order valence-electron chi connectivity index (χ0n) is 21.8. The van der Waals surface area contributed by atoms with Gasteiger partial charge in [-0.1, -0.05) is 24.3 Å². The molecule has 0 unspecified atom stereocenters. The van der Waals surface area contributed by atoms with Gasteiger partial charge in [-0.3, -0.25) is 9.88 Å². The Morgan fingerprint density at radius 3 is 2.56 bits per heavy atom. The van der Waals surface area contributed by atoms with Gasteiger partial charge in [-0.25, -0.2) is 4.39 Å². The van der Waals surface area contributed by atoms with Gasteiger partial charge in [0, 0.05) is 24.8 Å². The molecule has 3 saturated heterocycles. The predicted molar refractivity (Wildman–Crippen MR) is 148 cm³/mol. The van der Waals surface area contributed by atoms with Crippen molar-refractivity contribution in [3.63, 3.8) is 0 Å². The molecule has 5 heterocycles. The first kappa shape index (κ1) is 24.5. The van der Waals surface area contributed by atoms with Crippen LogP contribution in [-0.2, 0) is 0 Å². The number of phenolic OH excluding ortho intramolecular Hbond substituents is 1. The number of phenols is 1. The molecule has 202 valence electrons. The smallest absolute Gasteiger partial charge is 0.319 e. The van der Waals surface area contributed by atoms with Gasteiger partial charge in [0.1, 0.15) is 29.4 Å². The normalized spacial score (nSPS) is 19.7. The summed E-state index contributed by atoms with van der Waals surface area (Å²) in [6.07, 6.45) is 6.99. The van der Waals surface area contributed by atoms with Crippen molar-refractivity contribution in [1.82, 2.24) is 19.9 Å². The quantitative estimate of drug-likeness (QED) is 0.386. The predicted octanol–water partition coefficient (Wildman–Crippen LogP) is 4.66. The molecule has 7 rings (SSSR count). The molecule has 0 bridgehead atoms. The molecule has 9 heteroatoms. The van der Waals surface area contributed by atoms with Gasteiger partial charge in [0.05, 0.1) is 17.0 Å². The fourth-order valence-electron chi connectivity index (χ4n) is 6.74. The van der Waals surface area contributed by atoms with Gasteiger partial charge in [0.2, 0.25) is 0 Å². The second kappa shape index (κ2) is 9.57. The average molecular weight is 530 g/mol. The number of hydrogen-bond donors (Lipinski definition) is 2. The number of anilines is 1. The number of hydrogen-bond acceptors (Lipinski definition) is 8. The van der Waals surface area contributed by atoms with Crippen molar-refractivity contribution in [3.05, 3.63) is 48.4 Å². The minimum atomic E-state index is -0.574. The molecule has 2 aromatic heterocycles. The molecule has 2 aromatic carbocycles. The third-order valence-corrected chi connectivity index (χ3v) is 8.79. The molecule has 0 atom stereocenters. The highest BCUT2D eigenvalue weighted by Gasteiger charge is 2.45. The van der Waals surface area contributed by atoms with Gasteiger partial charge < -0.3 is 19.8 Å². The zero-order valence-corrected chi connectivity index (χ0v) is 21.8. The Hall–Kier alpha value is -3.56. The van der Waals surface area contributed by atoms with Crippen molar-refractivity contribution in [2.24, 2.45) is 0 Å². The highest BCUT2D eigenvalue weighted by Crippen LogP contribution is 2.40. The number of pyridine rings is 1. The summed E-state index contributed by atoms with van der Waals surface area (Å²) < 4.78 is 22.7. The van der Waals surface area contributed by atoms with Crippen LogP contribution in [0.3, 0.4) is 0 Å². The van der Waals surface area contributed by atoms with E-state index in [9.17, 15) is 10.2 Å². The van der Waals surface area contributed by atoms with Crippen molar-refractivity contribution in [3.8, 4) is 23.0 Å². The van der Waals surface area contributed by atoms with Crippen LogP contribution in [0.5, 0.6) is 11.8 Å². The van der Waals surface area contributed by atoms with E-state index in [2.05, 4.69) is 19.8 Å². The Labute approximate surface area is 226 Å². The largest absolute Gasteiger partial charge is 0.508 e. The Bertz CT molecular complexity index is 1550. The monoisotopic (exact) mass is 529 g/mol. The second-order valence-corrected chi connectivity index (χ2v) is 11.2. The lowest BCUT2D eigenvalue weighted by atomic mass is 9.95. The number of aliphatic hydroxyl groups excluding tert-OH is 1. The van der Waals surface area contributed by atoms with E-state index in [-0.39, 0.29) is 34.6 Å². The number of halogens is 1. The van der Waals surface area contributed by atoms with Crippen molar-refractivity contribution in [2.45, 2.75) is 50.2 Å². The molecule has 0 amide bonds. The summed E-state index contributed by atoms with van der Waals surface area (Å²) in [4.78, 5) is 18.5. The van der Waals surface area contributed by atoms with Gasteiger partial charge in [-0.2, -0.15) is 9.97 Å². The minimum Gasteiger partial charge on any atom is -0.508 e. The molecular formula is C30H32FN5O3. The fraction of sp³-hybridized carbons (Fsp3) is 0.433. The average Bonchev–Trinajstić information content (AvgIpc) is 3.53. The lowest BCUT2D eigenvalue weighted by Crippen LogP contribution is -2.43. The number of rotatable bonds is 5. The molecule has 0 spiro atoms. The number of aliphatic hydroxyl groups is 1. The lowest BCUT2D eigenvalue weighted by molar-refractivity contribution is 0.107. The van der Waals surface area contributed by atoms with Crippen LogP contribution in [0.15, 0.2) is 42.6 Å². The summed E-state index contributed by atoms with van der Waals surface area (Å²) in [5.41, 5.74) is 0.775. The lowest BCUT2D eigenvalue weighted by Gasteiger charge is -2.32. The summed E-state index contributed by atoms with van der Waals surface area (Å²) in [6.45, 7) is 3.86. The molecule has 39 heavy (non-hydrogen) atoms. The summed E-state index contributed by atoms with van der Waals surface area (Å²) in [6, 6.07) is 10.9. The van der Waals surface area contributed by atoms with E-state index in [0.717, 1.165) is 49.5 Å². The van der Waals surface area contributed by atoms with Crippen LogP contribution in [0.25, 0.3) is 32.9 Å². The van der Waals surface area contributed by atoms with E-state index in [1.165, 1.54) is 0 Å². The van der Waals surface area contributed by atoms with E-state index in [1.54, 1.807) is 18.3 Å². The topological polar surface area (TPSA) is 94.8 Å². The third-order valence-electron chi connectivity index (χ3n) is 8.79. The van der Waals surface area contributed by atoms with Crippen LogP contribution in [0.1, 0.15) is 38.5 Å². The molecule has 0 saturated carbocycles. The van der Waals surface area contributed by atoms with E-state index >= 15 is 4.39 Å². The maximum absolute atomic E-state index is 16.4. The standard InChI is InChI=1S/C30H32FN5O3/c31-25-26(23-16-21(38)15-19-5-1-2-6-22(19)23)32-17-24-27(25)33-29(34-28(24)35-13-7-20(37)8-14-35)39-18-30-9-3-11-36(30)12-4-10-30/h1-2,5-6,15-17,20,37-38H,3-4,7-14,18H2. The van der Waals surface area contributed by atoms with Crippen LogP contribution < -0.4 is 9.64 Å². The molecule has 4 aromatic rings. The van der Waals surface area contributed by atoms with Gasteiger partial charge in [-0.15, -0.1) is 0 Å². The Morgan fingerprint density at radius 2 is 1.77 bits per heavy atom. The number of nitrogens with zero attached hydrogens (tertiary/aromatic N) is 5. The Kier molecular flexibility index (Phi) is 6.01. The van der Waals surface area contributed by atoms with Crippen LogP contribution in [0, 0.1) is 5.82 Å². The van der Waals surface area contributed by atoms with E-state index in [0.29, 0.717) is 49.3 Å². The summed E-state index contributed by atoms with van der Waals surface area (Å²) >= 11 is 0. The van der Waals surface area contributed by atoms with Gasteiger partial charge in [-0.05, 0) is 74.5 Å². The van der Waals surface area contributed by atoms with Crippen molar-refractivity contribution >= 4 is 27.5 Å². The molecule has 2 N–H and O–H groups in total. The fourth-order valence-corrected chi connectivity index (χ4v) is 6.74. The number of benzene rings is 2. The van der Waals surface area contributed by atoms with Gasteiger partial charge in [0.15, 0.2) is 5.82 Å². The first-order valence-electron chi connectivity index (χ1n) is 13.9. The van der Waals surface area contributed by atoms with Crippen LogP contribution in [0.2, 0.25) is 0 Å². The van der Waals surface area contributed by atoms with Gasteiger partial charge in [0.25, 0.3) is 0 Å². The maximum atomic E-state index is 16.4. The van der Waals surface area contributed by atoms with E-state index < -0.39 is 5.82 Å². The molecule has 3 aliphatic heterocycles. The van der Waals surface area contributed by atoms with Gasteiger partial charge >= 0.3 is 6.01 Å².